The third-order valence-electron chi connectivity index (χ3n) is 5.71. The minimum Gasteiger partial charge on any atom is -0.355 e. The van der Waals surface area contributed by atoms with Gasteiger partial charge < -0.3 is 15.1 Å². The fourth-order valence-corrected chi connectivity index (χ4v) is 4.89. The van der Waals surface area contributed by atoms with Gasteiger partial charge in [0.2, 0.25) is 11.8 Å². The largest absolute Gasteiger partial charge is 0.355 e. The molecular weight excluding hydrogens is 346 g/mol. The molecule has 2 aliphatic rings. The standard InChI is InChI=1S/C20H31N3O2S/c1-22(17-5-3-2-4-6-17)13-11-21-19(24)7-8-20(25)23-12-9-18-16(15-23)10-14-26-18/h10,14,17H,2-9,11-13,15H2,1H3,(H,21,24). The second-order valence-corrected chi connectivity index (χ2v) is 8.56. The van der Waals surface area contributed by atoms with Gasteiger partial charge in [-0.05, 0) is 43.3 Å². The van der Waals surface area contributed by atoms with Crippen molar-refractivity contribution < 1.29 is 9.59 Å². The van der Waals surface area contributed by atoms with Crippen LogP contribution in [0.2, 0.25) is 0 Å². The van der Waals surface area contributed by atoms with Gasteiger partial charge in [-0.15, -0.1) is 11.3 Å². The summed E-state index contributed by atoms with van der Waals surface area (Å²) in [5.74, 6) is 0.0833. The van der Waals surface area contributed by atoms with Gasteiger partial charge in [0.1, 0.15) is 0 Å². The van der Waals surface area contributed by atoms with Crippen molar-refractivity contribution >= 4 is 23.2 Å². The van der Waals surface area contributed by atoms with Crippen molar-refractivity contribution in [3.63, 3.8) is 0 Å². The van der Waals surface area contributed by atoms with Crippen LogP contribution in [0.5, 0.6) is 0 Å². The predicted octanol–water partition coefficient (Wildman–Crippen LogP) is 2.79. The van der Waals surface area contributed by atoms with Gasteiger partial charge in [0.15, 0.2) is 0 Å². The van der Waals surface area contributed by atoms with Crippen LogP contribution >= 0.6 is 11.3 Å². The van der Waals surface area contributed by atoms with E-state index in [1.807, 2.05) is 4.90 Å². The summed E-state index contributed by atoms with van der Waals surface area (Å²) < 4.78 is 0. The molecule has 1 aromatic rings. The average Bonchev–Trinajstić information content (AvgIpc) is 3.14. The Hall–Kier alpha value is -1.40. The third-order valence-corrected chi connectivity index (χ3v) is 6.73. The van der Waals surface area contributed by atoms with Gasteiger partial charge in [0.25, 0.3) is 0 Å². The van der Waals surface area contributed by atoms with Crippen LogP contribution in [0.1, 0.15) is 55.4 Å². The Balaban J connectivity index is 1.31. The molecule has 1 aromatic heterocycles. The zero-order chi connectivity index (χ0) is 18.4. The summed E-state index contributed by atoms with van der Waals surface area (Å²) in [4.78, 5) is 30.1. The molecule has 0 saturated heterocycles. The van der Waals surface area contributed by atoms with E-state index in [9.17, 15) is 9.59 Å². The molecule has 2 heterocycles. The fraction of sp³-hybridized carbons (Fsp3) is 0.700. The molecule has 6 heteroatoms. The normalized spacial score (nSPS) is 18.0. The molecule has 0 aromatic carbocycles. The quantitative estimate of drug-likeness (QED) is 0.795. The van der Waals surface area contributed by atoms with Crippen LogP contribution in [0, 0.1) is 0 Å². The van der Waals surface area contributed by atoms with E-state index >= 15 is 0 Å². The summed E-state index contributed by atoms with van der Waals surface area (Å²) in [6.07, 6.45) is 8.11. The topological polar surface area (TPSA) is 52.7 Å². The average molecular weight is 378 g/mol. The highest BCUT2D eigenvalue weighted by Gasteiger charge is 2.22. The monoisotopic (exact) mass is 377 g/mol. The van der Waals surface area contributed by atoms with Crippen molar-refractivity contribution in [2.75, 3.05) is 26.7 Å². The maximum atomic E-state index is 12.4. The summed E-state index contributed by atoms with van der Waals surface area (Å²) >= 11 is 1.77. The molecule has 0 atom stereocenters. The molecule has 0 unspecified atom stereocenters. The van der Waals surface area contributed by atoms with Gasteiger partial charge in [-0.3, -0.25) is 9.59 Å². The second kappa shape index (κ2) is 9.51. The number of fused-ring (bicyclic) bond motifs is 1. The number of rotatable bonds is 7. The molecule has 5 nitrogen and oxygen atoms in total. The molecule has 0 bridgehead atoms. The van der Waals surface area contributed by atoms with E-state index in [1.165, 1.54) is 42.5 Å². The summed E-state index contributed by atoms with van der Waals surface area (Å²) in [5, 5.41) is 5.07. The number of amides is 2. The molecule has 1 N–H and O–H groups in total. The van der Waals surface area contributed by atoms with Crippen molar-refractivity contribution in [1.82, 2.24) is 15.1 Å². The van der Waals surface area contributed by atoms with Crippen LogP contribution in [0.4, 0.5) is 0 Å². The number of likely N-dealkylation sites (N-methyl/N-ethyl adjacent to an activating group) is 1. The van der Waals surface area contributed by atoms with E-state index in [0.717, 1.165) is 19.5 Å². The first-order valence-corrected chi connectivity index (χ1v) is 10.8. The van der Waals surface area contributed by atoms with Crippen molar-refractivity contribution in [2.24, 2.45) is 0 Å². The van der Waals surface area contributed by atoms with Gasteiger partial charge in [0, 0.05) is 49.9 Å². The predicted molar refractivity (Wildman–Crippen MR) is 105 cm³/mol. The summed E-state index contributed by atoms with van der Waals surface area (Å²) in [6.45, 7) is 3.03. The van der Waals surface area contributed by atoms with E-state index in [4.69, 9.17) is 0 Å². The number of carbonyl (C=O) groups excluding carboxylic acids is 2. The molecule has 0 spiro atoms. The molecule has 1 fully saturated rings. The van der Waals surface area contributed by atoms with Gasteiger partial charge in [-0.25, -0.2) is 0 Å². The van der Waals surface area contributed by atoms with Crippen molar-refractivity contribution in [3.8, 4) is 0 Å². The lowest BCUT2D eigenvalue weighted by Crippen LogP contribution is -2.40. The SMILES string of the molecule is CN(CCNC(=O)CCC(=O)N1CCc2sccc2C1)C1CCCCC1. The first-order chi connectivity index (χ1) is 12.6. The lowest BCUT2D eigenvalue weighted by molar-refractivity contribution is -0.134. The van der Waals surface area contributed by atoms with E-state index in [-0.39, 0.29) is 11.8 Å². The molecule has 3 rings (SSSR count). The minimum atomic E-state index is -0.0105. The number of thiophene rings is 1. The summed E-state index contributed by atoms with van der Waals surface area (Å²) in [7, 11) is 2.15. The first-order valence-electron chi connectivity index (χ1n) is 9.93. The minimum absolute atomic E-state index is 0.0105. The van der Waals surface area contributed by atoms with E-state index in [0.29, 0.717) is 32.0 Å². The Labute approximate surface area is 160 Å². The molecule has 144 valence electrons. The van der Waals surface area contributed by atoms with Crippen molar-refractivity contribution in [1.29, 1.82) is 0 Å². The van der Waals surface area contributed by atoms with Crippen molar-refractivity contribution in [2.45, 2.75) is 64.0 Å². The van der Waals surface area contributed by atoms with Crippen molar-refractivity contribution in [3.05, 3.63) is 21.9 Å². The number of carbonyl (C=O) groups is 2. The van der Waals surface area contributed by atoms with Gasteiger partial charge >= 0.3 is 0 Å². The number of nitrogens with zero attached hydrogens (tertiary/aromatic N) is 2. The van der Waals surface area contributed by atoms with E-state index in [2.05, 4.69) is 28.7 Å². The Kier molecular flexibility index (Phi) is 7.08. The zero-order valence-corrected chi connectivity index (χ0v) is 16.7. The van der Waals surface area contributed by atoms with Crippen LogP contribution in [0.3, 0.4) is 0 Å². The summed E-state index contributed by atoms with van der Waals surface area (Å²) in [5.41, 5.74) is 1.27. The summed E-state index contributed by atoms with van der Waals surface area (Å²) in [6, 6.07) is 2.78. The first kappa shape index (κ1) is 19.4. The molecule has 1 aliphatic carbocycles. The molecule has 26 heavy (non-hydrogen) atoms. The zero-order valence-electron chi connectivity index (χ0n) is 15.8. The molecule has 0 radical (unpaired) electrons. The highest BCUT2D eigenvalue weighted by Crippen LogP contribution is 2.24. The Bertz CT molecular complexity index is 610. The molecule has 1 aliphatic heterocycles. The van der Waals surface area contributed by atoms with Crippen LogP contribution in [-0.2, 0) is 22.6 Å². The maximum Gasteiger partial charge on any atom is 0.223 e. The fourth-order valence-electron chi connectivity index (χ4n) is 4.00. The van der Waals surface area contributed by atoms with Crippen LogP contribution in [0.25, 0.3) is 0 Å². The van der Waals surface area contributed by atoms with E-state index < -0.39 is 0 Å². The highest BCUT2D eigenvalue weighted by molar-refractivity contribution is 7.10. The molecule has 2 amide bonds. The Morgan fingerprint density at radius 2 is 2.08 bits per heavy atom. The number of hydrogen-bond donors (Lipinski definition) is 1. The van der Waals surface area contributed by atoms with Gasteiger partial charge in [-0.1, -0.05) is 19.3 Å². The lowest BCUT2D eigenvalue weighted by Gasteiger charge is -2.31. The maximum absolute atomic E-state index is 12.4. The van der Waals surface area contributed by atoms with Crippen LogP contribution in [0.15, 0.2) is 11.4 Å². The number of hydrogen-bond acceptors (Lipinski definition) is 4. The van der Waals surface area contributed by atoms with Gasteiger partial charge in [-0.2, -0.15) is 0 Å². The molecule has 1 saturated carbocycles. The lowest BCUT2D eigenvalue weighted by atomic mass is 9.94. The van der Waals surface area contributed by atoms with E-state index in [1.54, 1.807) is 11.3 Å². The molecular formula is C20H31N3O2S. The Morgan fingerprint density at radius 3 is 2.88 bits per heavy atom. The van der Waals surface area contributed by atoms with Crippen LogP contribution < -0.4 is 5.32 Å². The second-order valence-electron chi connectivity index (χ2n) is 7.56. The smallest absolute Gasteiger partial charge is 0.223 e. The number of nitrogens with one attached hydrogen (secondary N) is 1. The third kappa shape index (κ3) is 5.30. The Morgan fingerprint density at radius 1 is 1.27 bits per heavy atom. The van der Waals surface area contributed by atoms with Crippen LogP contribution in [-0.4, -0.2) is 54.3 Å². The highest BCUT2D eigenvalue weighted by atomic mass is 32.1. The van der Waals surface area contributed by atoms with Gasteiger partial charge in [0.05, 0.1) is 0 Å².